The third-order valence-electron chi connectivity index (χ3n) is 5.78. The van der Waals surface area contributed by atoms with Crippen LogP contribution < -0.4 is 15.2 Å². The van der Waals surface area contributed by atoms with Gasteiger partial charge in [0.1, 0.15) is 17.4 Å². The molecule has 9 heteroatoms. The fourth-order valence-electron chi connectivity index (χ4n) is 4.23. The van der Waals surface area contributed by atoms with E-state index < -0.39 is 0 Å². The fraction of sp³-hybridized carbons (Fsp3) is 0.240. The lowest BCUT2D eigenvalue weighted by Crippen LogP contribution is -2.21. The Hall–Kier alpha value is -3.48. The summed E-state index contributed by atoms with van der Waals surface area (Å²) in [6.07, 6.45) is 1.74. The number of aromatic amines is 1. The molecular formula is C25H23N5O2S2. The third kappa shape index (κ3) is 4.00. The highest BCUT2D eigenvalue weighted by atomic mass is 32.2. The standard InChI is InChI=1S/C25H23N5O2S2/c1-3-6-18-22-21(16(12-26)23(27)32-24(22)30-29-18)14-9-10-19(31-2)15(11-14)13-33-25-28-17-7-4-5-8-20(17)34-25/h4-5,7-11,21H,3,6,13,27H2,1-2H3,(H,29,30)/t21-/m1/s1. The van der Waals surface area contributed by atoms with Crippen LogP contribution in [0, 0.1) is 11.3 Å². The van der Waals surface area contributed by atoms with Gasteiger partial charge in [-0.2, -0.15) is 5.26 Å². The number of nitriles is 1. The summed E-state index contributed by atoms with van der Waals surface area (Å²) < 4.78 is 13.5. The Kier molecular flexibility index (Phi) is 6.18. The Morgan fingerprint density at radius 3 is 2.91 bits per heavy atom. The average Bonchev–Trinajstić information content (AvgIpc) is 3.45. The van der Waals surface area contributed by atoms with E-state index in [1.807, 2.05) is 30.3 Å². The molecule has 0 amide bonds. The van der Waals surface area contributed by atoms with E-state index >= 15 is 0 Å². The molecule has 1 aliphatic rings. The number of hydrogen-bond acceptors (Lipinski definition) is 8. The van der Waals surface area contributed by atoms with Crippen LogP contribution in [-0.4, -0.2) is 22.3 Å². The highest BCUT2D eigenvalue weighted by Gasteiger charge is 2.35. The molecular weight excluding hydrogens is 466 g/mol. The molecule has 0 radical (unpaired) electrons. The number of allylic oxidation sites excluding steroid dienone is 1. The van der Waals surface area contributed by atoms with Gasteiger partial charge in [0.25, 0.3) is 0 Å². The molecule has 2 aromatic heterocycles. The topological polar surface area (TPSA) is 110 Å². The molecule has 0 saturated carbocycles. The predicted molar refractivity (Wildman–Crippen MR) is 134 cm³/mol. The largest absolute Gasteiger partial charge is 0.496 e. The van der Waals surface area contributed by atoms with E-state index in [-0.39, 0.29) is 11.8 Å². The number of aromatic nitrogens is 3. The van der Waals surface area contributed by atoms with Gasteiger partial charge in [-0.05, 0) is 30.2 Å². The number of para-hydroxylation sites is 1. The summed E-state index contributed by atoms with van der Waals surface area (Å²) in [7, 11) is 1.67. The number of rotatable bonds is 7. The first-order valence-electron chi connectivity index (χ1n) is 10.9. The normalized spacial score (nSPS) is 15.1. The highest BCUT2D eigenvalue weighted by Crippen LogP contribution is 2.44. The zero-order chi connectivity index (χ0) is 23.7. The van der Waals surface area contributed by atoms with Crippen LogP contribution in [0.15, 0.2) is 58.3 Å². The zero-order valence-electron chi connectivity index (χ0n) is 18.8. The van der Waals surface area contributed by atoms with Gasteiger partial charge in [0, 0.05) is 22.6 Å². The van der Waals surface area contributed by atoms with Crippen molar-refractivity contribution in [1.82, 2.24) is 15.2 Å². The van der Waals surface area contributed by atoms with Gasteiger partial charge in [0.05, 0.1) is 23.2 Å². The lowest BCUT2D eigenvalue weighted by Gasteiger charge is -2.25. The van der Waals surface area contributed by atoms with Crippen molar-refractivity contribution in [3.05, 3.63) is 76.3 Å². The molecule has 0 fully saturated rings. The Morgan fingerprint density at radius 2 is 2.15 bits per heavy atom. The second kappa shape index (κ2) is 9.41. The van der Waals surface area contributed by atoms with Crippen LogP contribution in [0.1, 0.15) is 41.6 Å². The van der Waals surface area contributed by atoms with Gasteiger partial charge in [0.15, 0.2) is 4.34 Å². The number of fused-ring (bicyclic) bond motifs is 2. The third-order valence-corrected chi connectivity index (χ3v) is 8.01. The van der Waals surface area contributed by atoms with Gasteiger partial charge in [-0.25, -0.2) is 4.98 Å². The van der Waals surface area contributed by atoms with Gasteiger partial charge < -0.3 is 15.2 Å². The van der Waals surface area contributed by atoms with Crippen LogP contribution in [-0.2, 0) is 12.2 Å². The van der Waals surface area contributed by atoms with E-state index in [1.165, 1.54) is 4.70 Å². The molecule has 0 aliphatic carbocycles. The molecule has 0 unspecified atom stereocenters. The maximum atomic E-state index is 9.93. The van der Waals surface area contributed by atoms with Gasteiger partial charge in [-0.3, -0.25) is 5.10 Å². The number of nitrogens with zero attached hydrogens (tertiary/aromatic N) is 3. The van der Waals surface area contributed by atoms with Crippen molar-refractivity contribution in [2.45, 2.75) is 35.8 Å². The number of ether oxygens (including phenoxy) is 2. The molecule has 0 saturated heterocycles. The maximum Gasteiger partial charge on any atom is 0.244 e. The minimum Gasteiger partial charge on any atom is -0.496 e. The molecule has 2 aromatic carbocycles. The van der Waals surface area contributed by atoms with Gasteiger partial charge in [-0.15, -0.1) is 16.4 Å². The Labute approximate surface area is 205 Å². The SMILES string of the molecule is CCCc1[nH]nc2c1[C@H](c1ccc(OC)c(CSc3nc4ccccc4s3)c1)C(C#N)=C(N)O2. The number of benzene rings is 2. The Bertz CT molecular complexity index is 1400. The average molecular weight is 490 g/mol. The predicted octanol–water partition coefficient (Wildman–Crippen LogP) is 5.49. The van der Waals surface area contributed by atoms with Crippen molar-refractivity contribution in [3.63, 3.8) is 0 Å². The summed E-state index contributed by atoms with van der Waals surface area (Å²) in [6, 6.07) is 16.4. The number of aryl methyl sites for hydroxylation is 1. The van der Waals surface area contributed by atoms with E-state index in [9.17, 15) is 5.26 Å². The van der Waals surface area contributed by atoms with Crippen LogP contribution >= 0.6 is 23.1 Å². The molecule has 7 nitrogen and oxygen atoms in total. The molecule has 4 aromatic rings. The quantitative estimate of drug-likeness (QED) is 0.330. The minimum absolute atomic E-state index is 0.0933. The van der Waals surface area contributed by atoms with Crippen LogP contribution in [0.4, 0.5) is 0 Å². The second-order valence-corrected chi connectivity index (χ2v) is 10.2. The summed E-state index contributed by atoms with van der Waals surface area (Å²) in [5, 5.41) is 17.3. The van der Waals surface area contributed by atoms with Crippen molar-refractivity contribution < 1.29 is 9.47 Å². The first-order chi connectivity index (χ1) is 16.6. The van der Waals surface area contributed by atoms with Gasteiger partial charge >= 0.3 is 0 Å². The zero-order valence-corrected chi connectivity index (χ0v) is 20.4. The molecule has 172 valence electrons. The Balaban J connectivity index is 1.52. The minimum atomic E-state index is -0.355. The van der Waals surface area contributed by atoms with Crippen molar-refractivity contribution in [2.75, 3.05) is 7.11 Å². The van der Waals surface area contributed by atoms with Crippen molar-refractivity contribution in [3.8, 4) is 17.7 Å². The monoisotopic (exact) mass is 489 g/mol. The number of H-pyrrole nitrogens is 1. The molecule has 5 rings (SSSR count). The van der Waals surface area contributed by atoms with E-state index in [2.05, 4.69) is 35.3 Å². The van der Waals surface area contributed by atoms with Gasteiger partial charge in [0.2, 0.25) is 11.8 Å². The number of hydrogen-bond donors (Lipinski definition) is 2. The smallest absolute Gasteiger partial charge is 0.244 e. The number of nitrogens with two attached hydrogens (primary N) is 1. The highest BCUT2D eigenvalue weighted by molar-refractivity contribution is 8.00. The summed E-state index contributed by atoms with van der Waals surface area (Å²) >= 11 is 3.35. The molecule has 0 bridgehead atoms. The van der Waals surface area contributed by atoms with Crippen LogP contribution in [0.2, 0.25) is 0 Å². The number of methoxy groups -OCH3 is 1. The molecule has 3 N–H and O–H groups in total. The molecule has 34 heavy (non-hydrogen) atoms. The lowest BCUT2D eigenvalue weighted by atomic mass is 9.83. The lowest BCUT2D eigenvalue weighted by molar-refractivity contribution is 0.378. The molecule has 1 atom stereocenters. The molecule has 0 spiro atoms. The first-order valence-corrected chi connectivity index (χ1v) is 12.7. The Morgan fingerprint density at radius 1 is 1.29 bits per heavy atom. The van der Waals surface area contributed by atoms with Crippen molar-refractivity contribution in [1.29, 1.82) is 5.26 Å². The van der Waals surface area contributed by atoms with Crippen LogP contribution in [0.5, 0.6) is 11.6 Å². The second-order valence-electron chi connectivity index (χ2n) is 7.90. The first kappa shape index (κ1) is 22.3. The van der Waals surface area contributed by atoms with E-state index in [4.69, 9.17) is 20.2 Å². The van der Waals surface area contributed by atoms with Crippen LogP contribution in [0.3, 0.4) is 0 Å². The van der Waals surface area contributed by atoms with Crippen LogP contribution in [0.25, 0.3) is 10.2 Å². The number of thioether (sulfide) groups is 1. The maximum absolute atomic E-state index is 9.93. The summed E-state index contributed by atoms with van der Waals surface area (Å²) in [5.74, 6) is 1.65. The van der Waals surface area contributed by atoms with Gasteiger partial charge in [-0.1, -0.05) is 49.4 Å². The fourth-order valence-corrected chi connectivity index (χ4v) is 6.27. The summed E-state index contributed by atoms with van der Waals surface area (Å²) in [5.41, 5.74) is 11.3. The van der Waals surface area contributed by atoms with Crippen molar-refractivity contribution >= 4 is 33.3 Å². The number of nitrogens with one attached hydrogen (secondary N) is 1. The van der Waals surface area contributed by atoms with E-state index in [0.717, 1.165) is 50.8 Å². The molecule has 3 heterocycles. The van der Waals surface area contributed by atoms with Crippen molar-refractivity contribution in [2.24, 2.45) is 5.73 Å². The van der Waals surface area contributed by atoms with E-state index in [1.54, 1.807) is 30.2 Å². The molecule has 1 aliphatic heterocycles. The number of thiazole rings is 1. The summed E-state index contributed by atoms with van der Waals surface area (Å²) in [6.45, 7) is 2.10. The summed E-state index contributed by atoms with van der Waals surface area (Å²) in [4.78, 5) is 4.73. The van der Waals surface area contributed by atoms with E-state index in [0.29, 0.717) is 17.2 Å².